The predicted octanol–water partition coefficient (Wildman–Crippen LogP) is 3.03. The van der Waals surface area contributed by atoms with E-state index in [1.54, 1.807) is 24.3 Å². The van der Waals surface area contributed by atoms with E-state index in [1.165, 1.54) is 16.2 Å². The fourth-order valence-corrected chi connectivity index (χ4v) is 3.33. The molecule has 3 heterocycles. The summed E-state index contributed by atoms with van der Waals surface area (Å²) in [5.74, 6) is 0.538. The van der Waals surface area contributed by atoms with E-state index in [4.69, 9.17) is 4.42 Å². The molecule has 0 saturated carbocycles. The Labute approximate surface area is 141 Å². The van der Waals surface area contributed by atoms with Gasteiger partial charge in [-0.25, -0.2) is 0 Å². The number of benzene rings is 1. The lowest BCUT2D eigenvalue weighted by molar-refractivity contribution is 0.0652. The van der Waals surface area contributed by atoms with Gasteiger partial charge in [0, 0.05) is 13.0 Å². The number of aromatic nitrogens is 2. The number of hydrogen-bond donors (Lipinski definition) is 0. The zero-order chi connectivity index (χ0) is 16.5. The van der Waals surface area contributed by atoms with Gasteiger partial charge in [-0.05, 0) is 30.0 Å². The van der Waals surface area contributed by atoms with Crippen LogP contribution in [0.1, 0.15) is 33.0 Å². The lowest BCUT2D eigenvalue weighted by Gasteiger charge is -2.12. The summed E-state index contributed by atoms with van der Waals surface area (Å²) < 4.78 is 5.61. The maximum atomic E-state index is 12.3. The highest BCUT2D eigenvalue weighted by Crippen LogP contribution is 2.24. The zero-order valence-electron chi connectivity index (χ0n) is 12.6. The SMILES string of the molecule is O=C1c2ccccc2C(=O)N1CCCc1nnc(-c2cccs2)o1. The number of carbonyl (C=O) groups is 2. The Morgan fingerprint density at radius 3 is 2.42 bits per heavy atom. The van der Waals surface area contributed by atoms with Gasteiger partial charge < -0.3 is 4.42 Å². The second kappa shape index (κ2) is 6.01. The molecule has 3 aromatic rings. The molecule has 4 rings (SSSR count). The molecule has 24 heavy (non-hydrogen) atoms. The molecule has 0 saturated heterocycles. The van der Waals surface area contributed by atoms with Crippen LogP contribution in [-0.4, -0.2) is 33.5 Å². The molecule has 7 heteroatoms. The molecular formula is C17H13N3O3S. The average molecular weight is 339 g/mol. The summed E-state index contributed by atoms with van der Waals surface area (Å²) in [7, 11) is 0. The minimum Gasteiger partial charge on any atom is -0.420 e. The number of imide groups is 1. The van der Waals surface area contributed by atoms with Crippen LogP contribution in [-0.2, 0) is 6.42 Å². The van der Waals surface area contributed by atoms with E-state index in [2.05, 4.69) is 10.2 Å². The molecule has 0 atom stereocenters. The fourth-order valence-electron chi connectivity index (χ4n) is 2.69. The minimum absolute atomic E-state index is 0.236. The van der Waals surface area contributed by atoms with Gasteiger partial charge in [0.2, 0.25) is 5.89 Å². The van der Waals surface area contributed by atoms with E-state index in [0.29, 0.717) is 42.3 Å². The number of fused-ring (bicyclic) bond motifs is 1. The van der Waals surface area contributed by atoms with E-state index in [1.807, 2.05) is 17.5 Å². The highest BCUT2D eigenvalue weighted by molar-refractivity contribution is 7.13. The number of amides is 2. The van der Waals surface area contributed by atoms with Crippen molar-refractivity contribution >= 4 is 23.2 Å². The van der Waals surface area contributed by atoms with Gasteiger partial charge in [-0.2, -0.15) is 0 Å². The maximum Gasteiger partial charge on any atom is 0.261 e. The first kappa shape index (κ1) is 14.8. The van der Waals surface area contributed by atoms with Crippen molar-refractivity contribution in [1.29, 1.82) is 0 Å². The van der Waals surface area contributed by atoms with Crippen molar-refractivity contribution in [2.75, 3.05) is 6.54 Å². The molecule has 0 spiro atoms. The van der Waals surface area contributed by atoms with Crippen molar-refractivity contribution in [3.8, 4) is 10.8 Å². The van der Waals surface area contributed by atoms with E-state index in [-0.39, 0.29) is 11.8 Å². The van der Waals surface area contributed by atoms with Gasteiger partial charge in [0.1, 0.15) is 0 Å². The third kappa shape index (κ3) is 2.52. The molecular weight excluding hydrogens is 326 g/mol. The summed E-state index contributed by atoms with van der Waals surface area (Å²) in [6.07, 6.45) is 1.10. The predicted molar refractivity (Wildman–Crippen MR) is 87.7 cm³/mol. The molecule has 2 aromatic heterocycles. The van der Waals surface area contributed by atoms with E-state index in [0.717, 1.165) is 4.88 Å². The Balaban J connectivity index is 1.39. The van der Waals surface area contributed by atoms with E-state index < -0.39 is 0 Å². The van der Waals surface area contributed by atoms with Crippen LogP contribution in [0.3, 0.4) is 0 Å². The molecule has 120 valence electrons. The number of aryl methyl sites for hydroxylation is 1. The molecule has 0 N–H and O–H groups in total. The van der Waals surface area contributed by atoms with Crippen molar-refractivity contribution in [3.05, 3.63) is 58.8 Å². The van der Waals surface area contributed by atoms with Crippen LogP contribution < -0.4 is 0 Å². The third-order valence-electron chi connectivity index (χ3n) is 3.85. The third-order valence-corrected chi connectivity index (χ3v) is 4.71. The van der Waals surface area contributed by atoms with Crippen LogP contribution in [0.25, 0.3) is 10.8 Å². The maximum absolute atomic E-state index is 12.3. The van der Waals surface area contributed by atoms with Crippen molar-refractivity contribution in [1.82, 2.24) is 15.1 Å². The molecule has 0 unspecified atom stereocenters. The Morgan fingerprint density at radius 1 is 1.00 bits per heavy atom. The summed E-state index contributed by atoms with van der Waals surface area (Å²) >= 11 is 1.53. The first-order chi connectivity index (χ1) is 11.7. The van der Waals surface area contributed by atoms with Crippen molar-refractivity contribution in [2.45, 2.75) is 12.8 Å². The first-order valence-electron chi connectivity index (χ1n) is 7.55. The van der Waals surface area contributed by atoms with Crippen LogP contribution >= 0.6 is 11.3 Å². The van der Waals surface area contributed by atoms with E-state index in [9.17, 15) is 9.59 Å². The molecule has 0 bridgehead atoms. The smallest absolute Gasteiger partial charge is 0.261 e. The van der Waals surface area contributed by atoms with Crippen LogP contribution in [0.2, 0.25) is 0 Å². The summed E-state index contributed by atoms with van der Waals surface area (Å²) in [5, 5.41) is 9.98. The van der Waals surface area contributed by atoms with Crippen LogP contribution in [0.5, 0.6) is 0 Å². The molecule has 1 aliphatic rings. The van der Waals surface area contributed by atoms with Gasteiger partial charge in [-0.3, -0.25) is 14.5 Å². The molecule has 2 amide bonds. The lowest BCUT2D eigenvalue weighted by Crippen LogP contribution is -2.30. The summed E-state index contributed by atoms with van der Waals surface area (Å²) in [4.78, 5) is 26.7. The molecule has 0 fully saturated rings. The standard InChI is InChI=1S/C17H13N3O3S/c21-16-11-5-1-2-6-12(11)17(22)20(16)9-3-8-14-18-19-15(23-14)13-7-4-10-24-13/h1-2,4-7,10H,3,8-9H2. The Kier molecular flexibility index (Phi) is 3.70. The summed E-state index contributed by atoms with van der Waals surface area (Å²) in [6.45, 7) is 0.336. The molecule has 6 nitrogen and oxygen atoms in total. The second-order valence-corrected chi connectivity index (χ2v) is 6.34. The Bertz CT molecular complexity index is 866. The van der Waals surface area contributed by atoms with Gasteiger partial charge in [0.15, 0.2) is 0 Å². The van der Waals surface area contributed by atoms with Gasteiger partial charge in [-0.15, -0.1) is 21.5 Å². The average Bonchev–Trinajstić information content (AvgIpc) is 3.32. The lowest BCUT2D eigenvalue weighted by atomic mass is 10.1. The van der Waals surface area contributed by atoms with Gasteiger partial charge in [-0.1, -0.05) is 18.2 Å². The Hall–Kier alpha value is -2.80. The number of rotatable bonds is 5. The number of hydrogen-bond acceptors (Lipinski definition) is 6. The molecule has 0 radical (unpaired) electrons. The fraction of sp³-hybridized carbons (Fsp3) is 0.176. The topological polar surface area (TPSA) is 76.3 Å². The molecule has 1 aromatic carbocycles. The van der Waals surface area contributed by atoms with Gasteiger partial charge in [0.05, 0.1) is 16.0 Å². The van der Waals surface area contributed by atoms with Gasteiger partial charge in [0.25, 0.3) is 17.7 Å². The summed E-state index contributed by atoms with van der Waals surface area (Å²) in [5.41, 5.74) is 0.945. The highest BCUT2D eigenvalue weighted by Gasteiger charge is 2.34. The van der Waals surface area contributed by atoms with Crippen molar-refractivity contribution < 1.29 is 14.0 Å². The van der Waals surface area contributed by atoms with Crippen molar-refractivity contribution in [3.63, 3.8) is 0 Å². The second-order valence-electron chi connectivity index (χ2n) is 5.39. The van der Waals surface area contributed by atoms with Crippen LogP contribution in [0.15, 0.2) is 46.2 Å². The summed E-state index contributed by atoms with van der Waals surface area (Å²) in [6, 6.07) is 10.7. The number of thiophene rings is 1. The largest absolute Gasteiger partial charge is 0.420 e. The number of nitrogens with zero attached hydrogens (tertiary/aromatic N) is 3. The van der Waals surface area contributed by atoms with Crippen LogP contribution in [0, 0.1) is 0 Å². The highest BCUT2D eigenvalue weighted by atomic mass is 32.1. The van der Waals surface area contributed by atoms with E-state index >= 15 is 0 Å². The van der Waals surface area contributed by atoms with Gasteiger partial charge >= 0.3 is 0 Å². The van der Waals surface area contributed by atoms with Crippen LogP contribution in [0.4, 0.5) is 0 Å². The monoisotopic (exact) mass is 339 g/mol. The Morgan fingerprint density at radius 2 is 1.75 bits per heavy atom. The normalized spacial score (nSPS) is 13.6. The number of carbonyl (C=O) groups excluding carboxylic acids is 2. The zero-order valence-corrected chi connectivity index (χ0v) is 13.5. The van der Waals surface area contributed by atoms with Crippen molar-refractivity contribution in [2.24, 2.45) is 0 Å². The molecule has 1 aliphatic heterocycles. The first-order valence-corrected chi connectivity index (χ1v) is 8.43. The molecule has 0 aliphatic carbocycles. The minimum atomic E-state index is -0.236. The quantitative estimate of drug-likeness (QED) is 0.668.